The zero-order valence-electron chi connectivity index (χ0n) is 8.12. The maximum Gasteiger partial charge on any atom is 0.0826 e. The topological polar surface area (TPSA) is 60.7 Å². The molecular weight excluding hydrogens is 156 g/mol. The van der Waals surface area contributed by atoms with Crippen molar-refractivity contribution >= 4 is 0 Å². The normalized spacial score (nSPS) is 17.5. The largest absolute Gasteiger partial charge is 0.390 e. The van der Waals surface area contributed by atoms with Crippen LogP contribution in [0.1, 0.15) is 40.0 Å². The second kappa shape index (κ2) is 4.80. The Hall–Kier alpha value is -0.120. The van der Waals surface area contributed by atoms with Gasteiger partial charge in [-0.15, -0.1) is 0 Å². The van der Waals surface area contributed by atoms with E-state index in [4.69, 9.17) is 0 Å². The van der Waals surface area contributed by atoms with E-state index in [1.807, 2.05) is 6.92 Å². The Labute approximate surface area is 74.0 Å². The highest BCUT2D eigenvalue weighted by atomic mass is 16.3. The quantitative estimate of drug-likeness (QED) is 0.577. The Morgan fingerprint density at radius 3 is 2.00 bits per heavy atom. The molecule has 12 heavy (non-hydrogen) atoms. The fourth-order valence-corrected chi connectivity index (χ4v) is 1.14. The van der Waals surface area contributed by atoms with Gasteiger partial charge in [-0.3, -0.25) is 0 Å². The third-order valence-electron chi connectivity index (χ3n) is 1.74. The summed E-state index contributed by atoms with van der Waals surface area (Å²) in [7, 11) is 0. The van der Waals surface area contributed by atoms with Crippen LogP contribution in [-0.4, -0.2) is 33.1 Å². The zero-order valence-corrected chi connectivity index (χ0v) is 8.12. The maximum absolute atomic E-state index is 9.37. The molecule has 0 aromatic rings. The Morgan fingerprint density at radius 2 is 1.67 bits per heavy atom. The van der Waals surface area contributed by atoms with Crippen molar-refractivity contribution in [3.05, 3.63) is 0 Å². The summed E-state index contributed by atoms with van der Waals surface area (Å²) in [6.45, 7) is 5.18. The van der Waals surface area contributed by atoms with Gasteiger partial charge < -0.3 is 15.3 Å². The molecule has 74 valence electrons. The molecule has 0 rings (SSSR count). The first-order valence-electron chi connectivity index (χ1n) is 4.45. The van der Waals surface area contributed by atoms with E-state index in [0.717, 1.165) is 6.42 Å². The molecule has 0 heterocycles. The van der Waals surface area contributed by atoms with Gasteiger partial charge in [0, 0.05) is 6.42 Å². The van der Waals surface area contributed by atoms with Crippen molar-refractivity contribution in [2.75, 3.05) is 0 Å². The molecule has 0 aliphatic carbocycles. The molecule has 3 heteroatoms. The van der Waals surface area contributed by atoms with E-state index in [-0.39, 0.29) is 6.42 Å². The van der Waals surface area contributed by atoms with Gasteiger partial charge in [-0.2, -0.15) is 0 Å². The van der Waals surface area contributed by atoms with Gasteiger partial charge in [0.15, 0.2) is 0 Å². The van der Waals surface area contributed by atoms with Gasteiger partial charge in [0.2, 0.25) is 0 Å². The summed E-state index contributed by atoms with van der Waals surface area (Å²) in [6.07, 6.45) is 0.113. The van der Waals surface area contributed by atoms with Crippen LogP contribution in [0, 0.1) is 0 Å². The fraction of sp³-hybridized carbons (Fsp3) is 1.00. The molecule has 0 aliphatic heterocycles. The van der Waals surface area contributed by atoms with Gasteiger partial charge in [0.05, 0.1) is 17.8 Å². The van der Waals surface area contributed by atoms with Crippen molar-refractivity contribution in [2.45, 2.75) is 57.8 Å². The van der Waals surface area contributed by atoms with Gasteiger partial charge >= 0.3 is 0 Å². The lowest BCUT2D eigenvalue weighted by Crippen LogP contribution is -2.34. The lowest BCUT2D eigenvalue weighted by molar-refractivity contribution is -0.0418. The van der Waals surface area contributed by atoms with Crippen LogP contribution < -0.4 is 0 Å². The Morgan fingerprint density at radius 1 is 1.17 bits per heavy atom. The van der Waals surface area contributed by atoms with Crippen molar-refractivity contribution in [1.82, 2.24) is 0 Å². The highest BCUT2D eigenvalue weighted by molar-refractivity contribution is 4.75. The number of aliphatic hydroxyl groups is 3. The number of aliphatic hydroxyl groups excluding tert-OH is 2. The van der Waals surface area contributed by atoms with E-state index in [9.17, 15) is 15.3 Å². The van der Waals surface area contributed by atoms with Crippen molar-refractivity contribution in [3.8, 4) is 0 Å². The van der Waals surface area contributed by atoms with Crippen LogP contribution in [0.2, 0.25) is 0 Å². The van der Waals surface area contributed by atoms with E-state index in [1.54, 1.807) is 13.8 Å². The second-order valence-electron chi connectivity index (χ2n) is 3.94. The lowest BCUT2D eigenvalue weighted by Gasteiger charge is -2.24. The average Bonchev–Trinajstić information content (AvgIpc) is 1.84. The molecule has 0 aromatic carbocycles. The molecule has 0 spiro atoms. The van der Waals surface area contributed by atoms with Crippen molar-refractivity contribution < 1.29 is 15.3 Å². The highest BCUT2D eigenvalue weighted by Gasteiger charge is 2.23. The standard InChI is InChI=1S/C9H20O3/c1-4-5-7(10)8(11)6-9(2,3)12/h7-8,10-12H,4-6H2,1-3H3. The first-order chi connectivity index (χ1) is 5.37. The van der Waals surface area contributed by atoms with Gasteiger partial charge in [0.25, 0.3) is 0 Å². The summed E-state index contributed by atoms with van der Waals surface area (Å²) in [5, 5.41) is 28.0. The molecule has 0 radical (unpaired) electrons. The molecule has 3 N–H and O–H groups in total. The summed E-state index contributed by atoms with van der Waals surface area (Å²) in [6, 6.07) is 0. The minimum absolute atomic E-state index is 0.216. The number of hydrogen-bond acceptors (Lipinski definition) is 3. The van der Waals surface area contributed by atoms with E-state index in [2.05, 4.69) is 0 Å². The molecule has 0 aromatic heterocycles. The van der Waals surface area contributed by atoms with Crippen LogP contribution in [0.15, 0.2) is 0 Å². The van der Waals surface area contributed by atoms with Crippen molar-refractivity contribution in [1.29, 1.82) is 0 Å². The third-order valence-corrected chi connectivity index (χ3v) is 1.74. The van der Waals surface area contributed by atoms with E-state index < -0.39 is 17.8 Å². The monoisotopic (exact) mass is 176 g/mol. The summed E-state index contributed by atoms with van der Waals surface area (Å²) in [4.78, 5) is 0. The SMILES string of the molecule is CCCC(O)C(O)CC(C)(C)O. The predicted octanol–water partition coefficient (Wildman–Crippen LogP) is 0.669. The minimum Gasteiger partial charge on any atom is -0.390 e. The molecule has 0 saturated carbocycles. The molecule has 0 bridgehead atoms. The summed E-state index contributed by atoms with van der Waals surface area (Å²) in [5.74, 6) is 0. The summed E-state index contributed by atoms with van der Waals surface area (Å²) < 4.78 is 0. The summed E-state index contributed by atoms with van der Waals surface area (Å²) >= 11 is 0. The van der Waals surface area contributed by atoms with Crippen LogP contribution >= 0.6 is 0 Å². The maximum atomic E-state index is 9.37. The first kappa shape index (κ1) is 11.9. The van der Waals surface area contributed by atoms with Crippen LogP contribution in [0.5, 0.6) is 0 Å². The molecule has 0 amide bonds. The lowest BCUT2D eigenvalue weighted by atomic mass is 9.96. The molecular formula is C9H20O3. The Bertz CT molecular complexity index is 117. The molecule has 0 fully saturated rings. The van der Waals surface area contributed by atoms with Gasteiger partial charge in [-0.05, 0) is 20.3 Å². The smallest absolute Gasteiger partial charge is 0.0826 e. The molecule has 0 saturated heterocycles. The number of rotatable bonds is 5. The van der Waals surface area contributed by atoms with Crippen molar-refractivity contribution in [2.24, 2.45) is 0 Å². The van der Waals surface area contributed by atoms with E-state index in [0.29, 0.717) is 6.42 Å². The highest BCUT2D eigenvalue weighted by Crippen LogP contribution is 2.15. The van der Waals surface area contributed by atoms with E-state index in [1.165, 1.54) is 0 Å². The molecule has 2 unspecified atom stereocenters. The summed E-state index contributed by atoms with van der Waals surface area (Å²) in [5.41, 5.74) is -0.909. The fourth-order valence-electron chi connectivity index (χ4n) is 1.14. The van der Waals surface area contributed by atoms with Gasteiger partial charge in [-0.25, -0.2) is 0 Å². The molecule has 3 nitrogen and oxygen atoms in total. The van der Waals surface area contributed by atoms with E-state index >= 15 is 0 Å². The van der Waals surface area contributed by atoms with Crippen LogP contribution in [0.4, 0.5) is 0 Å². The zero-order chi connectivity index (χ0) is 9.78. The van der Waals surface area contributed by atoms with Gasteiger partial charge in [0.1, 0.15) is 0 Å². The Balaban J connectivity index is 3.78. The minimum atomic E-state index is -0.909. The molecule has 0 aliphatic rings. The third kappa shape index (κ3) is 5.52. The van der Waals surface area contributed by atoms with Crippen LogP contribution in [0.25, 0.3) is 0 Å². The Kier molecular flexibility index (Phi) is 4.75. The predicted molar refractivity (Wildman–Crippen MR) is 47.8 cm³/mol. The van der Waals surface area contributed by atoms with Crippen LogP contribution in [0.3, 0.4) is 0 Å². The average molecular weight is 176 g/mol. The second-order valence-corrected chi connectivity index (χ2v) is 3.94. The first-order valence-corrected chi connectivity index (χ1v) is 4.45. The van der Waals surface area contributed by atoms with Crippen molar-refractivity contribution in [3.63, 3.8) is 0 Å². The number of hydrogen-bond donors (Lipinski definition) is 3. The van der Waals surface area contributed by atoms with Gasteiger partial charge in [-0.1, -0.05) is 13.3 Å². The molecule has 2 atom stereocenters. The van der Waals surface area contributed by atoms with Crippen LogP contribution in [-0.2, 0) is 0 Å².